The van der Waals surface area contributed by atoms with E-state index in [1.165, 1.54) is 12.1 Å². The number of benzene rings is 1. The zero-order chi connectivity index (χ0) is 15.0. The molecule has 0 aliphatic rings. The van der Waals surface area contributed by atoms with E-state index in [2.05, 4.69) is 4.98 Å². The summed E-state index contributed by atoms with van der Waals surface area (Å²) >= 11 is 5.95. The summed E-state index contributed by atoms with van der Waals surface area (Å²) in [5.41, 5.74) is 0.999. The second-order valence-electron chi connectivity index (χ2n) is 4.69. The van der Waals surface area contributed by atoms with Crippen LogP contribution in [0.1, 0.15) is 17.0 Å². The summed E-state index contributed by atoms with van der Waals surface area (Å²) < 4.78 is 39.4. The van der Waals surface area contributed by atoms with Gasteiger partial charge in [-0.15, -0.1) is 0 Å². The minimum atomic E-state index is -4.31. The molecule has 2 nitrogen and oxygen atoms in total. The Morgan fingerprint density at radius 3 is 2.43 bits per heavy atom. The Balaban J connectivity index is 1.90. The maximum atomic E-state index is 12.5. The second-order valence-corrected chi connectivity index (χ2v) is 5.12. The van der Waals surface area contributed by atoms with Crippen LogP contribution in [0, 0.1) is 0 Å². The number of halogens is 4. The van der Waals surface area contributed by atoms with Crippen molar-refractivity contribution in [2.45, 2.75) is 12.6 Å². The summed E-state index contributed by atoms with van der Waals surface area (Å²) in [6, 6.07) is 8.70. The average Bonchev–Trinajstić information content (AvgIpc) is 2.81. The van der Waals surface area contributed by atoms with Gasteiger partial charge in [-0.05, 0) is 29.8 Å². The van der Waals surface area contributed by atoms with Gasteiger partial charge in [-0.1, -0.05) is 23.7 Å². The highest BCUT2D eigenvalue weighted by Gasteiger charge is 2.29. The van der Waals surface area contributed by atoms with Crippen molar-refractivity contribution in [3.8, 4) is 0 Å². The Morgan fingerprint density at radius 1 is 1.05 bits per heavy atom. The molecule has 2 heterocycles. The largest absolute Gasteiger partial charge is 0.416 e. The highest BCUT2D eigenvalue weighted by molar-refractivity contribution is 6.30. The summed E-state index contributed by atoms with van der Waals surface area (Å²) in [6.45, 7) is 0. The number of pyridine rings is 1. The van der Waals surface area contributed by atoms with Crippen LogP contribution in [-0.4, -0.2) is 9.38 Å². The van der Waals surface area contributed by atoms with E-state index in [9.17, 15) is 13.2 Å². The van der Waals surface area contributed by atoms with E-state index in [4.69, 9.17) is 11.6 Å². The van der Waals surface area contributed by atoms with Crippen molar-refractivity contribution in [1.29, 1.82) is 0 Å². The van der Waals surface area contributed by atoms with Gasteiger partial charge in [0, 0.05) is 12.6 Å². The maximum Gasteiger partial charge on any atom is 0.416 e. The van der Waals surface area contributed by atoms with E-state index >= 15 is 0 Å². The van der Waals surface area contributed by atoms with Crippen molar-refractivity contribution in [3.63, 3.8) is 0 Å². The molecule has 0 fully saturated rings. The minimum absolute atomic E-state index is 0.437. The van der Waals surface area contributed by atoms with Crippen LogP contribution < -0.4 is 0 Å². The summed E-state index contributed by atoms with van der Waals surface area (Å²) in [7, 11) is 0. The van der Waals surface area contributed by atoms with Gasteiger partial charge in [-0.25, -0.2) is 4.98 Å². The smallest absolute Gasteiger partial charge is 0.302 e. The van der Waals surface area contributed by atoms with Crippen molar-refractivity contribution in [1.82, 2.24) is 9.38 Å². The van der Waals surface area contributed by atoms with E-state index < -0.39 is 11.7 Å². The molecule has 0 saturated carbocycles. The standard InChI is InChI=1S/C15H10ClF3N2/c16-12-5-6-13-8-20-14(21(13)9-12)7-10-1-3-11(4-2-10)15(17,18)19/h1-6,8-9H,7H2. The lowest BCUT2D eigenvalue weighted by molar-refractivity contribution is -0.137. The summed E-state index contributed by atoms with van der Waals surface area (Å²) in [4.78, 5) is 4.28. The lowest BCUT2D eigenvalue weighted by Gasteiger charge is -2.07. The van der Waals surface area contributed by atoms with Gasteiger partial charge < -0.3 is 4.40 Å². The predicted molar refractivity (Wildman–Crippen MR) is 74.5 cm³/mol. The quantitative estimate of drug-likeness (QED) is 0.676. The molecule has 0 unspecified atom stereocenters. The van der Waals surface area contributed by atoms with Gasteiger partial charge in [0.25, 0.3) is 0 Å². The van der Waals surface area contributed by atoms with E-state index in [-0.39, 0.29) is 0 Å². The van der Waals surface area contributed by atoms with Crippen LogP contribution >= 0.6 is 11.6 Å². The molecular formula is C15H10ClF3N2. The van der Waals surface area contributed by atoms with Crippen LogP contribution in [0.5, 0.6) is 0 Å². The topological polar surface area (TPSA) is 17.3 Å². The first-order valence-electron chi connectivity index (χ1n) is 6.21. The third-order valence-corrected chi connectivity index (χ3v) is 3.43. The molecule has 0 aliphatic heterocycles. The van der Waals surface area contributed by atoms with Gasteiger partial charge in [-0.3, -0.25) is 0 Å². The molecule has 1 aromatic carbocycles. The Hall–Kier alpha value is -2.01. The van der Waals surface area contributed by atoms with Crippen LogP contribution in [0.4, 0.5) is 13.2 Å². The SMILES string of the molecule is FC(F)(F)c1ccc(Cc2ncc3ccc(Cl)cn23)cc1. The molecule has 0 saturated heterocycles. The summed E-state index contributed by atoms with van der Waals surface area (Å²) in [6.07, 6.45) is -0.433. The zero-order valence-electron chi connectivity index (χ0n) is 10.7. The fraction of sp³-hybridized carbons (Fsp3) is 0.133. The molecule has 3 rings (SSSR count). The lowest BCUT2D eigenvalue weighted by atomic mass is 10.1. The number of rotatable bonds is 2. The number of fused-ring (bicyclic) bond motifs is 1. The van der Waals surface area contributed by atoms with Crippen molar-refractivity contribution < 1.29 is 13.2 Å². The van der Waals surface area contributed by atoms with Crippen molar-refractivity contribution in [2.75, 3.05) is 0 Å². The van der Waals surface area contributed by atoms with E-state index in [1.54, 1.807) is 18.5 Å². The highest BCUT2D eigenvalue weighted by Crippen LogP contribution is 2.29. The molecule has 0 N–H and O–H groups in total. The molecule has 21 heavy (non-hydrogen) atoms. The van der Waals surface area contributed by atoms with E-state index in [1.807, 2.05) is 10.5 Å². The number of alkyl halides is 3. The minimum Gasteiger partial charge on any atom is -0.302 e. The van der Waals surface area contributed by atoms with Crippen LogP contribution in [0.25, 0.3) is 5.52 Å². The Labute approximate surface area is 123 Å². The fourth-order valence-corrected chi connectivity index (χ4v) is 2.30. The molecule has 0 atom stereocenters. The van der Waals surface area contributed by atoms with E-state index in [0.717, 1.165) is 29.0 Å². The Bertz CT molecular complexity index is 776. The van der Waals surface area contributed by atoms with Gasteiger partial charge in [0.15, 0.2) is 0 Å². The molecule has 6 heteroatoms. The number of aromatic nitrogens is 2. The van der Waals surface area contributed by atoms with Gasteiger partial charge >= 0.3 is 6.18 Å². The van der Waals surface area contributed by atoms with Crippen molar-refractivity contribution in [2.24, 2.45) is 0 Å². The summed E-state index contributed by atoms with van der Waals surface area (Å²) in [5.74, 6) is 0.729. The van der Waals surface area contributed by atoms with Crippen LogP contribution in [-0.2, 0) is 12.6 Å². The van der Waals surface area contributed by atoms with Gasteiger partial charge in [0.2, 0.25) is 0 Å². The number of hydrogen-bond donors (Lipinski definition) is 0. The maximum absolute atomic E-state index is 12.5. The van der Waals surface area contributed by atoms with Gasteiger partial charge in [-0.2, -0.15) is 13.2 Å². The molecule has 108 valence electrons. The fourth-order valence-electron chi connectivity index (χ4n) is 2.14. The average molecular weight is 311 g/mol. The van der Waals surface area contributed by atoms with Crippen molar-refractivity contribution in [3.05, 3.63) is 70.8 Å². The Morgan fingerprint density at radius 2 is 1.76 bits per heavy atom. The van der Waals surface area contributed by atoms with Crippen molar-refractivity contribution >= 4 is 17.1 Å². The number of imidazole rings is 1. The highest BCUT2D eigenvalue weighted by atomic mass is 35.5. The molecule has 3 aromatic rings. The van der Waals surface area contributed by atoms with Crippen LogP contribution in [0.15, 0.2) is 48.8 Å². The van der Waals surface area contributed by atoms with E-state index in [0.29, 0.717) is 11.4 Å². The first-order chi connectivity index (χ1) is 9.93. The number of nitrogens with zero attached hydrogens (tertiary/aromatic N) is 2. The zero-order valence-corrected chi connectivity index (χ0v) is 11.5. The first-order valence-corrected chi connectivity index (χ1v) is 6.59. The van der Waals surface area contributed by atoms with Gasteiger partial charge in [0.1, 0.15) is 5.82 Å². The molecular weight excluding hydrogens is 301 g/mol. The van der Waals surface area contributed by atoms with Crippen LogP contribution in [0.3, 0.4) is 0 Å². The predicted octanol–water partition coefficient (Wildman–Crippen LogP) is 4.60. The second kappa shape index (κ2) is 5.07. The third-order valence-electron chi connectivity index (χ3n) is 3.21. The molecule has 2 aromatic heterocycles. The number of hydrogen-bond acceptors (Lipinski definition) is 1. The molecule has 0 spiro atoms. The molecule has 0 amide bonds. The normalized spacial score (nSPS) is 12.0. The third kappa shape index (κ3) is 2.88. The van der Waals surface area contributed by atoms with Gasteiger partial charge in [0.05, 0.1) is 22.3 Å². The summed E-state index contributed by atoms with van der Waals surface area (Å²) in [5, 5.41) is 0.578. The monoisotopic (exact) mass is 310 g/mol. The van der Waals surface area contributed by atoms with Crippen LogP contribution in [0.2, 0.25) is 5.02 Å². The first kappa shape index (κ1) is 13.9. The Kier molecular flexibility index (Phi) is 3.37. The molecule has 0 aliphatic carbocycles. The molecule has 0 radical (unpaired) electrons. The molecule has 0 bridgehead atoms. The lowest BCUT2D eigenvalue weighted by Crippen LogP contribution is -2.05.